The Kier molecular flexibility index (Phi) is 8.19. The second kappa shape index (κ2) is 10.9. The second-order valence-electron chi connectivity index (χ2n) is 8.37. The molecule has 0 aliphatic heterocycles. The van der Waals surface area contributed by atoms with Crippen molar-refractivity contribution in [3.63, 3.8) is 0 Å². The number of nitrogens with one attached hydrogen (secondary N) is 1. The second-order valence-corrected chi connectivity index (χ2v) is 8.77. The molecule has 0 aliphatic carbocycles. The lowest BCUT2D eigenvalue weighted by molar-refractivity contribution is 0.0489. The molecule has 2 aromatic carbocycles. The Morgan fingerprint density at radius 1 is 1.09 bits per heavy atom. The zero-order valence-electron chi connectivity index (χ0n) is 20.2. The van der Waals surface area contributed by atoms with Gasteiger partial charge >= 0.3 is 0 Å². The lowest BCUT2D eigenvalue weighted by Crippen LogP contribution is -2.39. The van der Waals surface area contributed by atoms with Crippen LogP contribution in [0.2, 0.25) is 5.02 Å². The summed E-state index contributed by atoms with van der Waals surface area (Å²) in [4.78, 5) is 17.3. The fraction of sp³-hybridized carbons (Fsp3) is 0.308. The summed E-state index contributed by atoms with van der Waals surface area (Å²) in [6.45, 7) is 5.20. The summed E-state index contributed by atoms with van der Waals surface area (Å²) in [6.07, 6.45) is -0.0495. The summed E-state index contributed by atoms with van der Waals surface area (Å²) in [5.41, 5.74) is 0.00535. The third kappa shape index (κ3) is 6.21. The third-order valence-electron chi connectivity index (χ3n) is 5.20. The van der Waals surface area contributed by atoms with Crippen molar-refractivity contribution in [2.75, 3.05) is 20.8 Å². The van der Waals surface area contributed by atoms with Gasteiger partial charge in [-0.25, -0.2) is 9.37 Å². The summed E-state index contributed by atoms with van der Waals surface area (Å²) in [5, 5.41) is 13.8. The lowest BCUT2D eigenvalue weighted by atomic mass is 9.99. The molecule has 0 fully saturated rings. The Balaban J connectivity index is 1.81. The van der Waals surface area contributed by atoms with Crippen molar-refractivity contribution < 1.29 is 28.5 Å². The first-order valence-corrected chi connectivity index (χ1v) is 11.3. The highest BCUT2D eigenvalue weighted by molar-refractivity contribution is 6.31. The van der Waals surface area contributed by atoms with E-state index in [9.17, 15) is 14.3 Å². The number of ether oxygens (including phenoxy) is 3. The fourth-order valence-corrected chi connectivity index (χ4v) is 3.55. The van der Waals surface area contributed by atoms with Gasteiger partial charge in [0, 0.05) is 11.1 Å². The van der Waals surface area contributed by atoms with Gasteiger partial charge < -0.3 is 24.6 Å². The molecule has 9 heteroatoms. The van der Waals surface area contributed by atoms with E-state index in [0.29, 0.717) is 34.1 Å². The molecule has 186 valence electrons. The van der Waals surface area contributed by atoms with Gasteiger partial charge in [-0.05, 0) is 69.3 Å². The molecule has 3 rings (SSSR count). The number of carbonyl (C=O) groups is 1. The molecule has 0 radical (unpaired) electrons. The van der Waals surface area contributed by atoms with Crippen LogP contribution in [0.5, 0.6) is 17.2 Å². The molecule has 0 bridgehead atoms. The average Bonchev–Trinajstić information content (AvgIpc) is 2.83. The summed E-state index contributed by atoms with van der Waals surface area (Å²) in [7, 11) is 2.98. The van der Waals surface area contributed by atoms with E-state index in [1.54, 1.807) is 30.3 Å². The van der Waals surface area contributed by atoms with Crippen LogP contribution >= 0.6 is 11.6 Å². The van der Waals surface area contributed by atoms with E-state index >= 15 is 0 Å². The SMILES string of the molecule is COc1cc(C(=O)NCC(C)(O)c2ccc(OC)c(-c3ccc(F)c(Cl)c3)n2)ccc1OC(C)C. The highest BCUT2D eigenvalue weighted by Gasteiger charge is 2.27. The van der Waals surface area contributed by atoms with Crippen molar-refractivity contribution in [3.05, 3.63) is 70.6 Å². The number of halogens is 2. The summed E-state index contributed by atoms with van der Waals surface area (Å²) < 4.78 is 30.0. The van der Waals surface area contributed by atoms with Gasteiger partial charge in [-0.2, -0.15) is 0 Å². The first-order chi connectivity index (χ1) is 16.6. The Morgan fingerprint density at radius 3 is 2.40 bits per heavy atom. The molecule has 1 heterocycles. The van der Waals surface area contributed by atoms with Crippen molar-refractivity contribution in [2.24, 2.45) is 0 Å². The van der Waals surface area contributed by atoms with Gasteiger partial charge in [0.1, 0.15) is 22.9 Å². The van der Waals surface area contributed by atoms with Gasteiger partial charge in [-0.1, -0.05) is 11.6 Å². The molecule has 0 spiro atoms. The third-order valence-corrected chi connectivity index (χ3v) is 5.49. The molecule has 1 aromatic heterocycles. The number of carbonyl (C=O) groups excluding carboxylic acids is 1. The van der Waals surface area contributed by atoms with Crippen molar-refractivity contribution in [3.8, 4) is 28.5 Å². The number of methoxy groups -OCH3 is 2. The van der Waals surface area contributed by atoms with Gasteiger partial charge in [-0.15, -0.1) is 0 Å². The number of hydrogen-bond acceptors (Lipinski definition) is 6. The van der Waals surface area contributed by atoms with Crippen LogP contribution in [0, 0.1) is 5.82 Å². The highest BCUT2D eigenvalue weighted by atomic mass is 35.5. The van der Waals surface area contributed by atoms with Crippen LogP contribution in [0.25, 0.3) is 11.3 Å². The quantitative estimate of drug-likeness (QED) is 0.429. The number of aliphatic hydroxyl groups is 1. The average molecular weight is 503 g/mol. The van der Waals surface area contributed by atoms with E-state index in [-0.39, 0.29) is 23.4 Å². The molecule has 2 N–H and O–H groups in total. The van der Waals surface area contributed by atoms with Gasteiger partial charge in [0.2, 0.25) is 0 Å². The van der Waals surface area contributed by atoms with Crippen molar-refractivity contribution in [2.45, 2.75) is 32.5 Å². The molecular weight excluding hydrogens is 475 g/mol. The van der Waals surface area contributed by atoms with Gasteiger partial charge in [0.05, 0.1) is 37.6 Å². The maximum absolute atomic E-state index is 13.6. The monoisotopic (exact) mass is 502 g/mol. The van der Waals surface area contributed by atoms with Gasteiger partial charge in [0.15, 0.2) is 11.5 Å². The van der Waals surface area contributed by atoms with E-state index in [2.05, 4.69) is 10.3 Å². The number of hydrogen-bond donors (Lipinski definition) is 2. The van der Waals surface area contributed by atoms with Crippen LogP contribution in [0.3, 0.4) is 0 Å². The van der Waals surface area contributed by atoms with Crippen LogP contribution in [-0.2, 0) is 5.60 Å². The summed E-state index contributed by atoms with van der Waals surface area (Å²) in [6, 6.07) is 12.3. The van der Waals surface area contributed by atoms with Crippen molar-refractivity contribution in [1.29, 1.82) is 0 Å². The molecule has 0 saturated heterocycles. The molecule has 1 atom stereocenters. The largest absolute Gasteiger partial charge is 0.494 e. The Morgan fingerprint density at radius 2 is 1.77 bits per heavy atom. The van der Waals surface area contributed by atoms with E-state index in [1.807, 2.05) is 13.8 Å². The maximum atomic E-state index is 13.6. The predicted molar refractivity (Wildman–Crippen MR) is 132 cm³/mol. The highest BCUT2D eigenvalue weighted by Crippen LogP contribution is 2.33. The van der Waals surface area contributed by atoms with E-state index < -0.39 is 17.3 Å². The summed E-state index contributed by atoms with van der Waals surface area (Å²) in [5.74, 6) is 0.422. The first kappa shape index (κ1) is 26.2. The molecule has 3 aromatic rings. The fourth-order valence-electron chi connectivity index (χ4n) is 3.37. The Bertz CT molecular complexity index is 1220. The van der Waals surface area contributed by atoms with E-state index in [0.717, 1.165) is 0 Å². The molecule has 35 heavy (non-hydrogen) atoms. The minimum atomic E-state index is -1.52. The van der Waals surface area contributed by atoms with E-state index in [4.69, 9.17) is 25.8 Å². The zero-order chi connectivity index (χ0) is 25.8. The molecule has 7 nitrogen and oxygen atoms in total. The molecule has 0 aliphatic rings. The van der Waals surface area contributed by atoms with Crippen LogP contribution in [0.4, 0.5) is 4.39 Å². The Hall–Kier alpha value is -3.36. The van der Waals surface area contributed by atoms with Crippen LogP contribution < -0.4 is 19.5 Å². The molecule has 1 amide bonds. The number of amides is 1. The van der Waals surface area contributed by atoms with Crippen molar-refractivity contribution >= 4 is 17.5 Å². The maximum Gasteiger partial charge on any atom is 0.251 e. The topological polar surface area (TPSA) is 89.9 Å². The number of benzene rings is 2. The molecule has 0 saturated carbocycles. The lowest BCUT2D eigenvalue weighted by Gasteiger charge is -2.24. The zero-order valence-corrected chi connectivity index (χ0v) is 20.9. The normalized spacial score (nSPS) is 12.7. The number of aromatic nitrogens is 1. The first-order valence-electron chi connectivity index (χ1n) is 10.9. The van der Waals surface area contributed by atoms with Crippen LogP contribution in [0.15, 0.2) is 48.5 Å². The molecule has 1 unspecified atom stereocenters. The van der Waals surface area contributed by atoms with Gasteiger partial charge in [-0.3, -0.25) is 4.79 Å². The standard InChI is InChI=1S/C26H28ClFN2O5/c1-15(2)35-20-9-7-17(13-22(20)34-5)25(31)29-14-26(3,32)23-11-10-21(33-4)24(30-23)16-6-8-19(28)18(27)12-16/h6-13,15,32H,14H2,1-5H3,(H,29,31). The van der Waals surface area contributed by atoms with Crippen LogP contribution in [-0.4, -0.2) is 42.9 Å². The summed E-state index contributed by atoms with van der Waals surface area (Å²) >= 11 is 5.93. The number of rotatable bonds is 9. The number of pyridine rings is 1. The Labute approximate surface area is 208 Å². The number of nitrogens with zero attached hydrogens (tertiary/aromatic N) is 1. The van der Waals surface area contributed by atoms with Crippen LogP contribution in [0.1, 0.15) is 36.8 Å². The van der Waals surface area contributed by atoms with Crippen molar-refractivity contribution in [1.82, 2.24) is 10.3 Å². The molecular formula is C26H28ClFN2O5. The predicted octanol–water partition coefficient (Wildman–Crippen LogP) is 4.98. The smallest absolute Gasteiger partial charge is 0.251 e. The van der Waals surface area contributed by atoms with E-state index in [1.165, 1.54) is 39.3 Å². The minimum absolute atomic E-state index is 0.0495. The minimum Gasteiger partial charge on any atom is -0.494 e. The van der Waals surface area contributed by atoms with Gasteiger partial charge in [0.25, 0.3) is 5.91 Å².